The third-order valence-electron chi connectivity index (χ3n) is 3.17. The standard InChI is InChI=1S/C18H22ClN3O2.HI/c1-12(2)24-16-8-6-15(7-9-16)22-18(20)21-11-13-4-5-14(19)10-17(13)23-3;/h4-10,12H,11H2,1-3H3,(H3,20,21,22);1H. The van der Waals surface area contributed by atoms with Gasteiger partial charge in [0.05, 0.1) is 19.8 Å². The molecular weight excluding hydrogens is 453 g/mol. The Kier molecular flexibility index (Phi) is 8.85. The second-order valence-electron chi connectivity index (χ2n) is 5.47. The molecular formula is C18H23ClIN3O2. The summed E-state index contributed by atoms with van der Waals surface area (Å²) in [4.78, 5) is 4.33. The van der Waals surface area contributed by atoms with E-state index < -0.39 is 0 Å². The Morgan fingerprint density at radius 3 is 2.48 bits per heavy atom. The van der Waals surface area contributed by atoms with Crippen LogP contribution in [0.2, 0.25) is 5.02 Å². The van der Waals surface area contributed by atoms with Crippen LogP contribution in [0.25, 0.3) is 0 Å². The van der Waals surface area contributed by atoms with Gasteiger partial charge in [0.2, 0.25) is 0 Å². The lowest BCUT2D eigenvalue weighted by atomic mass is 10.2. The minimum Gasteiger partial charge on any atom is -0.496 e. The van der Waals surface area contributed by atoms with Crippen molar-refractivity contribution in [1.29, 1.82) is 0 Å². The monoisotopic (exact) mass is 475 g/mol. The van der Waals surface area contributed by atoms with Gasteiger partial charge in [-0.3, -0.25) is 0 Å². The van der Waals surface area contributed by atoms with Gasteiger partial charge in [0.25, 0.3) is 0 Å². The van der Waals surface area contributed by atoms with Crippen LogP contribution in [0.1, 0.15) is 19.4 Å². The van der Waals surface area contributed by atoms with E-state index in [-0.39, 0.29) is 30.1 Å². The molecule has 0 bridgehead atoms. The minimum atomic E-state index is 0. The van der Waals surface area contributed by atoms with E-state index in [0.717, 1.165) is 17.0 Å². The predicted octanol–water partition coefficient (Wildman–Crippen LogP) is 4.68. The van der Waals surface area contributed by atoms with Crippen LogP contribution in [0.15, 0.2) is 47.5 Å². The third-order valence-corrected chi connectivity index (χ3v) is 3.40. The van der Waals surface area contributed by atoms with Crippen molar-refractivity contribution in [3.8, 4) is 11.5 Å². The predicted molar refractivity (Wildman–Crippen MR) is 115 cm³/mol. The van der Waals surface area contributed by atoms with Crippen LogP contribution in [0.4, 0.5) is 5.69 Å². The molecule has 0 radical (unpaired) electrons. The molecule has 3 N–H and O–H groups in total. The van der Waals surface area contributed by atoms with E-state index in [1.807, 2.05) is 44.2 Å². The molecule has 7 heteroatoms. The van der Waals surface area contributed by atoms with Crippen molar-refractivity contribution < 1.29 is 9.47 Å². The first-order chi connectivity index (χ1) is 11.5. The summed E-state index contributed by atoms with van der Waals surface area (Å²) >= 11 is 5.95. The van der Waals surface area contributed by atoms with Crippen LogP contribution in [-0.4, -0.2) is 19.2 Å². The van der Waals surface area contributed by atoms with Gasteiger partial charge in [0, 0.05) is 16.3 Å². The van der Waals surface area contributed by atoms with Crippen molar-refractivity contribution in [1.82, 2.24) is 0 Å². The molecule has 0 aliphatic carbocycles. The van der Waals surface area contributed by atoms with Crippen LogP contribution in [0, 0.1) is 0 Å². The number of nitrogens with two attached hydrogens (primary N) is 1. The largest absolute Gasteiger partial charge is 0.496 e. The van der Waals surface area contributed by atoms with Gasteiger partial charge in [-0.05, 0) is 50.2 Å². The SMILES string of the molecule is COc1cc(Cl)ccc1CN=C(N)Nc1ccc(OC(C)C)cc1.I. The molecule has 0 spiro atoms. The van der Waals surface area contributed by atoms with E-state index in [0.29, 0.717) is 23.3 Å². The van der Waals surface area contributed by atoms with Gasteiger partial charge in [0.1, 0.15) is 11.5 Å². The molecule has 0 atom stereocenters. The fourth-order valence-corrected chi connectivity index (χ4v) is 2.26. The lowest BCUT2D eigenvalue weighted by Gasteiger charge is -2.11. The summed E-state index contributed by atoms with van der Waals surface area (Å²) < 4.78 is 10.9. The smallest absolute Gasteiger partial charge is 0.193 e. The number of nitrogens with zero attached hydrogens (tertiary/aromatic N) is 1. The second kappa shape index (κ2) is 10.4. The second-order valence-corrected chi connectivity index (χ2v) is 5.91. The van der Waals surface area contributed by atoms with Crippen LogP contribution in [0.3, 0.4) is 0 Å². The molecule has 0 heterocycles. The molecule has 2 rings (SSSR count). The number of nitrogens with one attached hydrogen (secondary N) is 1. The van der Waals surface area contributed by atoms with Gasteiger partial charge in [-0.1, -0.05) is 17.7 Å². The number of methoxy groups -OCH3 is 1. The highest BCUT2D eigenvalue weighted by Gasteiger charge is 2.04. The highest BCUT2D eigenvalue weighted by molar-refractivity contribution is 14.0. The van der Waals surface area contributed by atoms with Crippen LogP contribution >= 0.6 is 35.6 Å². The Balaban J connectivity index is 0.00000312. The number of ether oxygens (including phenoxy) is 2. The van der Waals surface area contributed by atoms with Gasteiger partial charge in [-0.2, -0.15) is 0 Å². The molecule has 0 saturated carbocycles. The number of aliphatic imine (C=N–C) groups is 1. The average Bonchev–Trinajstić information content (AvgIpc) is 2.55. The zero-order chi connectivity index (χ0) is 17.5. The Morgan fingerprint density at radius 1 is 1.20 bits per heavy atom. The van der Waals surface area contributed by atoms with E-state index in [1.54, 1.807) is 19.2 Å². The number of guanidine groups is 1. The fraction of sp³-hybridized carbons (Fsp3) is 0.278. The molecule has 136 valence electrons. The molecule has 25 heavy (non-hydrogen) atoms. The van der Waals surface area contributed by atoms with Crippen molar-refractivity contribution in [2.45, 2.75) is 26.5 Å². The van der Waals surface area contributed by atoms with E-state index in [1.165, 1.54) is 0 Å². The number of hydrogen-bond donors (Lipinski definition) is 2. The van der Waals surface area contributed by atoms with Gasteiger partial charge in [0.15, 0.2) is 5.96 Å². The maximum atomic E-state index is 5.95. The first-order valence-electron chi connectivity index (χ1n) is 7.64. The first kappa shape index (κ1) is 21.4. The Labute approximate surface area is 170 Å². The summed E-state index contributed by atoms with van der Waals surface area (Å²) in [5.41, 5.74) is 7.69. The van der Waals surface area contributed by atoms with Gasteiger partial charge < -0.3 is 20.5 Å². The third kappa shape index (κ3) is 6.99. The van der Waals surface area contributed by atoms with Crippen LogP contribution < -0.4 is 20.5 Å². The number of anilines is 1. The number of rotatable bonds is 6. The van der Waals surface area contributed by atoms with Crippen LogP contribution in [0.5, 0.6) is 11.5 Å². The summed E-state index contributed by atoms with van der Waals surface area (Å²) in [6.45, 7) is 4.37. The van der Waals surface area contributed by atoms with Crippen LogP contribution in [-0.2, 0) is 6.54 Å². The maximum absolute atomic E-state index is 5.95. The maximum Gasteiger partial charge on any atom is 0.193 e. The molecule has 0 amide bonds. The fourth-order valence-electron chi connectivity index (χ4n) is 2.10. The minimum absolute atomic E-state index is 0. The Morgan fingerprint density at radius 2 is 1.88 bits per heavy atom. The summed E-state index contributed by atoms with van der Waals surface area (Å²) in [6, 6.07) is 13.0. The normalized spacial score (nSPS) is 11.0. The lowest BCUT2D eigenvalue weighted by molar-refractivity contribution is 0.242. The molecule has 0 aromatic heterocycles. The average molecular weight is 476 g/mol. The topological polar surface area (TPSA) is 68.9 Å². The molecule has 0 aliphatic heterocycles. The Hall–Kier alpha value is -1.67. The Bertz CT molecular complexity index is 706. The molecule has 2 aromatic carbocycles. The van der Waals surface area contributed by atoms with Crippen molar-refractivity contribution in [2.24, 2.45) is 10.7 Å². The van der Waals surface area contributed by atoms with E-state index >= 15 is 0 Å². The molecule has 0 fully saturated rings. The lowest BCUT2D eigenvalue weighted by Crippen LogP contribution is -2.22. The number of benzene rings is 2. The quantitative estimate of drug-likeness (QED) is 0.362. The number of halogens is 2. The van der Waals surface area contributed by atoms with Crippen molar-refractivity contribution in [3.63, 3.8) is 0 Å². The molecule has 0 saturated heterocycles. The summed E-state index contributed by atoms with van der Waals surface area (Å²) in [7, 11) is 1.60. The molecule has 5 nitrogen and oxygen atoms in total. The number of hydrogen-bond acceptors (Lipinski definition) is 3. The summed E-state index contributed by atoms with van der Waals surface area (Å²) in [5, 5.41) is 3.67. The zero-order valence-electron chi connectivity index (χ0n) is 14.5. The van der Waals surface area contributed by atoms with Crippen molar-refractivity contribution >= 4 is 47.2 Å². The van der Waals surface area contributed by atoms with E-state index in [9.17, 15) is 0 Å². The van der Waals surface area contributed by atoms with E-state index in [2.05, 4.69) is 10.3 Å². The van der Waals surface area contributed by atoms with Gasteiger partial charge in [-0.25, -0.2) is 4.99 Å². The van der Waals surface area contributed by atoms with Crippen molar-refractivity contribution in [2.75, 3.05) is 12.4 Å². The van der Waals surface area contributed by atoms with Gasteiger partial charge >= 0.3 is 0 Å². The summed E-state index contributed by atoms with van der Waals surface area (Å²) in [5.74, 6) is 1.83. The summed E-state index contributed by atoms with van der Waals surface area (Å²) in [6.07, 6.45) is 0.143. The zero-order valence-corrected chi connectivity index (χ0v) is 17.5. The first-order valence-corrected chi connectivity index (χ1v) is 8.02. The molecule has 2 aromatic rings. The highest BCUT2D eigenvalue weighted by atomic mass is 127. The van der Waals surface area contributed by atoms with Gasteiger partial charge in [-0.15, -0.1) is 24.0 Å². The molecule has 0 aliphatic rings. The molecule has 0 unspecified atom stereocenters. The highest BCUT2D eigenvalue weighted by Crippen LogP contribution is 2.23. The van der Waals surface area contributed by atoms with Crippen molar-refractivity contribution in [3.05, 3.63) is 53.1 Å². The van der Waals surface area contributed by atoms with E-state index in [4.69, 9.17) is 26.8 Å².